The number of carboxylic acid groups (broad SMARTS) is 1. The van der Waals surface area contributed by atoms with E-state index in [1.807, 2.05) is 0 Å². The van der Waals surface area contributed by atoms with Gasteiger partial charge in [0.25, 0.3) is 0 Å². The third kappa shape index (κ3) is 5.49. The Labute approximate surface area is 140 Å². The molecular weight excluding hydrogens is 315 g/mol. The largest absolute Gasteiger partial charge is 0.481 e. The summed E-state index contributed by atoms with van der Waals surface area (Å²) in [6, 6.07) is 5.01. The first-order valence-electron chi connectivity index (χ1n) is 8.13. The molecule has 1 fully saturated rings. The molecule has 2 amide bonds. The number of rotatable bonds is 6. The maximum Gasteiger partial charge on any atom is 0.315 e. The lowest BCUT2D eigenvalue weighted by molar-refractivity contribution is -0.142. The van der Waals surface area contributed by atoms with Gasteiger partial charge in [-0.1, -0.05) is 12.1 Å². The SMILES string of the molecule is O=C(NC1CCC(C(=O)O)CC1)NC(CO)Cc1ccc(F)cc1. The van der Waals surface area contributed by atoms with Crippen LogP contribution in [0.15, 0.2) is 24.3 Å². The minimum atomic E-state index is -0.780. The Balaban J connectivity index is 1.77. The van der Waals surface area contributed by atoms with Gasteiger partial charge in [0.15, 0.2) is 0 Å². The number of benzene rings is 1. The van der Waals surface area contributed by atoms with E-state index in [4.69, 9.17) is 5.11 Å². The lowest BCUT2D eigenvalue weighted by Crippen LogP contribution is -2.49. The molecule has 0 radical (unpaired) electrons. The van der Waals surface area contributed by atoms with Crippen LogP contribution < -0.4 is 10.6 Å². The van der Waals surface area contributed by atoms with Gasteiger partial charge in [0, 0.05) is 6.04 Å². The summed E-state index contributed by atoms with van der Waals surface area (Å²) in [6.45, 7) is -0.226. The molecule has 0 heterocycles. The molecule has 24 heavy (non-hydrogen) atoms. The van der Waals surface area contributed by atoms with E-state index in [2.05, 4.69) is 10.6 Å². The van der Waals surface area contributed by atoms with Gasteiger partial charge >= 0.3 is 12.0 Å². The van der Waals surface area contributed by atoms with Crippen LogP contribution in [0.2, 0.25) is 0 Å². The summed E-state index contributed by atoms with van der Waals surface area (Å²) in [5.74, 6) is -1.44. The van der Waals surface area contributed by atoms with E-state index < -0.39 is 12.0 Å². The van der Waals surface area contributed by atoms with Gasteiger partial charge in [-0.25, -0.2) is 9.18 Å². The second kappa shape index (κ2) is 8.63. The monoisotopic (exact) mass is 338 g/mol. The second-order valence-corrected chi connectivity index (χ2v) is 6.21. The number of hydrogen-bond donors (Lipinski definition) is 4. The van der Waals surface area contributed by atoms with Crippen LogP contribution in [0.5, 0.6) is 0 Å². The van der Waals surface area contributed by atoms with Crippen LogP contribution in [0.1, 0.15) is 31.2 Å². The number of aliphatic hydroxyl groups is 1. The van der Waals surface area contributed by atoms with Crippen LogP contribution in [0.25, 0.3) is 0 Å². The van der Waals surface area contributed by atoms with E-state index in [-0.39, 0.29) is 30.4 Å². The number of carbonyl (C=O) groups excluding carboxylic acids is 1. The highest BCUT2D eigenvalue weighted by atomic mass is 19.1. The van der Waals surface area contributed by atoms with Gasteiger partial charge in [-0.05, 0) is 49.8 Å². The average Bonchev–Trinajstić information content (AvgIpc) is 2.56. The van der Waals surface area contributed by atoms with E-state index in [1.54, 1.807) is 12.1 Å². The zero-order valence-electron chi connectivity index (χ0n) is 13.4. The molecule has 6 nitrogen and oxygen atoms in total. The summed E-state index contributed by atoms with van der Waals surface area (Å²) >= 11 is 0. The van der Waals surface area contributed by atoms with Gasteiger partial charge in [-0.2, -0.15) is 0 Å². The molecule has 7 heteroatoms. The summed E-state index contributed by atoms with van der Waals surface area (Å²) in [7, 11) is 0. The van der Waals surface area contributed by atoms with Gasteiger partial charge < -0.3 is 20.8 Å². The molecular formula is C17H23FN2O4. The minimum absolute atomic E-state index is 0.0502. The lowest BCUT2D eigenvalue weighted by Gasteiger charge is -2.27. The first-order chi connectivity index (χ1) is 11.5. The van der Waals surface area contributed by atoms with Gasteiger partial charge in [0.1, 0.15) is 5.82 Å². The van der Waals surface area contributed by atoms with Crippen LogP contribution in [-0.2, 0) is 11.2 Å². The molecule has 132 valence electrons. The Morgan fingerprint density at radius 1 is 1.17 bits per heavy atom. The smallest absolute Gasteiger partial charge is 0.315 e. The molecule has 1 aromatic rings. The maximum atomic E-state index is 12.9. The zero-order chi connectivity index (χ0) is 17.5. The predicted octanol–water partition coefficient (Wildman–Crippen LogP) is 1.67. The predicted molar refractivity (Wildman–Crippen MR) is 86.0 cm³/mol. The topological polar surface area (TPSA) is 98.7 Å². The molecule has 1 atom stereocenters. The highest BCUT2D eigenvalue weighted by Gasteiger charge is 2.27. The van der Waals surface area contributed by atoms with Crippen molar-refractivity contribution in [3.63, 3.8) is 0 Å². The number of urea groups is 1. The van der Waals surface area contributed by atoms with E-state index in [1.165, 1.54) is 12.1 Å². The zero-order valence-corrected chi connectivity index (χ0v) is 13.4. The quantitative estimate of drug-likeness (QED) is 0.634. The third-order valence-electron chi connectivity index (χ3n) is 4.36. The first-order valence-corrected chi connectivity index (χ1v) is 8.13. The summed E-state index contributed by atoms with van der Waals surface area (Å²) in [5.41, 5.74) is 0.817. The molecule has 2 rings (SSSR count). The van der Waals surface area contributed by atoms with Crippen molar-refractivity contribution in [1.29, 1.82) is 0 Å². The van der Waals surface area contributed by atoms with Gasteiger partial charge in [-0.3, -0.25) is 4.79 Å². The number of carbonyl (C=O) groups is 2. The van der Waals surface area contributed by atoms with Crippen LogP contribution in [0.3, 0.4) is 0 Å². The van der Waals surface area contributed by atoms with E-state index in [0.717, 1.165) is 5.56 Å². The Kier molecular flexibility index (Phi) is 6.54. The number of amides is 2. The standard InChI is InChI=1S/C17H23FN2O4/c18-13-5-1-11(2-6-13)9-15(10-21)20-17(24)19-14-7-3-12(4-8-14)16(22)23/h1-2,5-6,12,14-15,21H,3-4,7-10H2,(H,22,23)(H2,19,20,24). The Morgan fingerprint density at radius 3 is 2.33 bits per heavy atom. The molecule has 0 aliphatic heterocycles. The Hall–Kier alpha value is -2.15. The van der Waals surface area contributed by atoms with Gasteiger partial charge in [-0.15, -0.1) is 0 Å². The Morgan fingerprint density at radius 2 is 1.79 bits per heavy atom. The average molecular weight is 338 g/mol. The number of carboxylic acids is 1. The summed E-state index contributed by atoms with van der Waals surface area (Å²) < 4.78 is 12.9. The highest BCUT2D eigenvalue weighted by molar-refractivity contribution is 5.74. The molecule has 0 aromatic heterocycles. The number of nitrogens with one attached hydrogen (secondary N) is 2. The maximum absolute atomic E-state index is 12.9. The van der Waals surface area contributed by atoms with Crippen molar-refractivity contribution in [3.8, 4) is 0 Å². The molecule has 4 N–H and O–H groups in total. The van der Waals surface area contributed by atoms with Crippen molar-refractivity contribution in [1.82, 2.24) is 10.6 Å². The minimum Gasteiger partial charge on any atom is -0.481 e. The van der Waals surface area contributed by atoms with Crippen molar-refractivity contribution in [3.05, 3.63) is 35.6 Å². The van der Waals surface area contributed by atoms with Crippen LogP contribution >= 0.6 is 0 Å². The molecule has 0 saturated heterocycles. The first kappa shape index (κ1) is 18.2. The van der Waals surface area contributed by atoms with Crippen molar-refractivity contribution in [2.24, 2.45) is 5.92 Å². The van der Waals surface area contributed by atoms with E-state index >= 15 is 0 Å². The lowest BCUT2D eigenvalue weighted by atomic mass is 9.86. The van der Waals surface area contributed by atoms with Gasteiger partial charge in [0.05, 0.1) is 18.6 Å². The fourth-order valence-corrected chi connectivity index (χ4v) is 2.96. The highest BCUT2D eigenvalue weighted by Crippen LogP contribution is 2.24. The molecule has 0 bridgehead atoms. The van der Waals surface area contributed by atoms with Crippen LogP contribution in [0.4, 0.5) is 9.18 Å². The van der Waals surface area contributed by atoms with E-state index in [0.29, 0.717) is 32.1 Å². The molecule has 1 aliphatic carbocycles. The normalized spacial score (nSPS) is 21.8. The second-order valence-electron chi connectivity index (χ2n) is 6.21. The Bertz CT molecular complexity index is 556. The molecule has 1 saturated carbocycles. The van der Waals surface area contributed by atoms with E-state index in [9.17, 15) is 19.1 Å². The van der Waals surface area contributed by atoms with Crippen molar-refractivity contribution in [2.75, 3.05) is 6.61 Å². The summed E-state index contributed by atoms with van der Waals surface area (Å²) in [5, 5.41) is 23.9. The molecule has 1 unspecified atom stereocenters. The van der Waals surface area contributed by atoms with Crippen LogP contribution in [0, 0.1) is 11.7 Å². The van der Waals surface area contributed by atoms with Crippen molar-refractivity contribution < 1.29 is 24.2 Å². The summed E-state index contributed by atoms with van der Waals surface area (Å²) in [4.78, 5) is 22.9. The number of aliphatic carboxylic acids is 1. The van der Waals surface area contributed by atoms with Crippen molar-refractivity contribution >= 4 is 12.0 Å². The fourth-order valence-electron chi connectivity index (χ4n) is 2.96. The number of aliphatic hydroxyl groups excluding tert-OH is 1. The molecule has 1 aromatic carbocycles. The van der Waals surface area contributed by atoms with Gasteiger partial charge in [0.2, 0.25) is 0 Å². The summed E-state index contributed by atoms with van der Waals surface area (Å²) in [6.07, 6.45) is 2.77. The number of hydrogen-bond acceptors (Lipinski definition) is 3. The van der Waals surface area contributed by atoms with Crippen molar-refractivity contribution in [2.45, 2.75) is 44.2 Å². The third-order valence-corrected chi connectivity index (χ3v) is 4.36. The number of halogens is 1. The fraction of sp³-hybridized carbons (Fsp3) is 0.529. The molecule has 0 spiro atoms. The molecule has 1 aliphatic rings. The van der Waals surface area contributed by atoms with Crippen LogP contribution in [-0.4, -0.2) is 40.9 Å².